The third-order valence-corrected chi connectivity index (χ3v) is 9.84. The number of ether oxygens (including phenoxy) is 1. The standard InChI is InChI=1S/C33H37NO4/c1-33-18-28(21-6-8-22(9-7-21)32(37)34-19-20-4-3-5-25(16-20)38-2)31-26-13-11-24(35)17-23(26)10-12-27(31)29(33)14-15-30(33)36/h3-9,16-17,27-30,36H,10-15,18-19H2,1-2H3,(H,34,37). The molecule has 0 radical (unpaired) electrons. The Morgan fingerprint density at radius 2 is 1.89 bits per heavy atom. The lowest BCUT2D eigenvalue weighted by atomic mass is 9.53. The molecule has 0 aromatic heterocycles. The second kappa shape index (κ2) is 9.85. The van der Waals surface area contributed by atoms with E-state index in [4.69, 9.17) is 4.74 Å². The first kappa shape index (κ1) is 25.1. The van der Waals surface area contributed by atoms with Crippen molar-refractivity contribution in [3.05, 3.63) is 88.0 Å². The normalized spacial score (nSPS) is 30.2. The van der Waals surface area contributed by atoms with Crippen molar-refractivity contribution in [3.8, 4) is 5.75 Å². The fraction of sp³-hybridized carbons (Fsp3) is 0.455. The van der Waals surface area contributed by atoms with Crippen LogP contribution < -0.4 is 10.1 Å². The number of amides is 1. The number of fused-ring (bicyclic) bond motifs is 4. The van der Waals surface area contributed by atoms with Gasteiger partial charge in [-0.1, -0.05) is 36.8 Å². The molecule has 2 aromatic carbocycles. The summed E-state index contributed by atoms with van der Waals surface area (Å²) >= 11 is 0. The monoisotopic (exact) mass is 511 g/mol. The molecule has 0 aliphatic heterocycles. The smallest absolute Gasteiger partial charge is 0.251 e. The summed E-state index contributed by atoms with van der Waals surface area (Å²) in [6, 6.07) is 15.8. The summed E-state index contributed by atoms with van der Waals surface area (Å²) in [4.78, 5) is 25.1. The Bertz CT molecular complexity index is 1320. The molecule has 38 heavy (non-hydrogen) atoms. The molecule has 1 amide bonds. The van der Waals surface area contributed by atoms with E-state index < -0.39 is 0 Å². The third-order valence-electron chi connectivity index (χ3n) is 9.84. The number of benzene rings is 2. The highest BCUT2D eigenvalue weighted by Gasteiger charge is 2.56. The van der Waals surface area contributed by atoms with Crippen LogP contribution in [0.4, 0.5) is 0 Å². The number of hydrogen-bond acceptors (Lipinski definition) is 4. The molecule has 2 fully saturated rings. The van der Waals surface area contributed by atoms with Crippen LogP contribution in [0.25, 0.3) is 0 Å². The highest BCUT2D eigenvalue weighted by Crippen LogP contribution is 2.63. The number of allylic oxidation sites excluding steroid dienone is 4. The number of ketones is 1. The van der Waals surface area contributed by atoms with Gasteiger partial charge in [0.15, 0.2) is 5.78 Å². The van der Waals surface area contributed by atoms with Crippen LogP contribution in [0.1, 0.15) is 79.3 Å². The Hall–Kier alpha value is -3.18. The average molecular weight is 512 g/mol. The SMILES string of the molecule is COc1cccc(CNC(=O)c2ccc(C3CC4(C)C(O)CCC4C4CCC5=CC(=O)CCC5=C34)cc2)c1. The van der Waals surface area contributed by atoms with Crippen molar-refractivity contribution in [2.24, 2.45) is 17.3 Å². The van der Waals surface area contributed by atoms with Crippen molar-refractivity contribution < 1.29 is 19.4 Å². The van der Waals surface area contributed by atoms with Gasteiger partial charge in [0.2, 0.25) is 0 Å². The lowest BCUT2D eigenvalue weighted by molar-refractivity contribution is -0.114. The van der Waals surface area contributed by atoms with E-state index in [1.807, 2.05) is 42.5 Å². The Kier molecular flexibility index (Phi) is 6.51. The quantitative estimate of drug-likeness (QED) is 0.525. The van der Waals surface area contributed by atoms with E-state index in [-0.39, 0.29) is 29.1 Å². The van der Waals surface area contributed by atoms with Crippen molar-refractivity contribution in [1.29, 1.82) is 0 Å². The van der Waals surface area contributed by atoms with Crippen molar-refractivity contribution in [1.82, 2.24) is 5.32 Å². The molecule has 2 N–H and O–H groups in total. The first-order chi connectivity index (χ1) is 18.4. The van der Waals surface area contributed by atoms with Crippen molar-refractivity contribution >= 4 is 11.7 Å². The van der Waals surface area contributed by atoms with E-state index in [0.29, 0.717) is 30.4 Å². The van der Waals surface area contributed by atoms with Gasteiger partial charge in [-0.3, -0.25) is 9.59 Å². The van der Waals surface area contributed by atoms with Crippen LogP contribution in [0.15, 0.2) is 71.3 Å². The zero-order valence-electron chi connectivity index (χ0n) is 22.3. The average Bonchev–Trinajstić information content (AvgIpc) is 3.24. The van der Waals surface area contributed by atoms with Crippen LogP contribution >= 0.6 is 0 Å². The fourth-order valence-electron chi connectivity index (χ4n) is 7.87. The van der Waals surface area contributed by atoms with Gasteiger partial charge in [-0.05, 0) is 108 Å². The molecule has 2 saturated carbocycles. The van der Waals surface area contributed by atoms with Gasteiger partial charge in [-0.2, -0.15) is 0 Å². The van der Waals surface area contributed by atoms with Crippen LogP contribution in [0, 0.1) is 17.3 Å². The summed E-state index contributed by atoms with van der Waals surface area (Å²) in [5, 5.41) is 14.1. The van der Waals surface area contributed by atoms with Crippen molar-refractivity contribution in [2.75, 3.05) is 7.11 Å². The first-order valence-electron chi connectivity index (χ1n) is 14.0. The zero-order valence-corrected chi connectivity index (χ0v) is 22.3. The van der Waals surface area contributed by atoms with Gasteiger partial charge in [-0.15, -0.1) is 0 Å². The summed E-state index contributed by atoms with van der Waals surface area (Å²) in [5.41, 5.74) is 6.90. The Labute approximate surface area is 225 Å². The van der Waals surface area contributed by atoms with Gasteiger partial charge in [-0.25, -0.2) is 0 Å². The van der Waals surface area contributed by atoms with E-state index in [1.54, 1.807) is 7.11 Å². The van der Waals surface area contributed by atoms with Gasteiger partial charge in [0.1, 0.15) is 5.75 Å². The van der Waals surface area contributed by atoms with Crippen LogP contribution in [0.5, 0.6) is 5.75 Å². The van der Waals surface area contributed by atoms with Gasteiger partial charge >= 0.3 is 0 Å². The molecule has 0 heterocycles. The van der Waals surface area contributed by atoms with E-state index in [9.17, 15) is 14.7 Å². The minimum atomic E-state index is -0.270. The van der Waals surface area contributed by atoms with E-state index >= 15 is 0 Å². The number of nitrogens with one attached hydrogen (secondary N) is 1. The Balaban J connectivity index is 1.28. The maximum Gasteiger partial charge on any atom is 0.251 e. The minimum absolute atomic E-state index is 0.0993. The second-order valence-electron chi connectivity index (χ2n) is 11.8. The van der Waals surface area contributed by atoms with E-state index in [0.717, 1.165) is 49.8 Å². The van der Waals surface area contributed by atoms with Crippen molar-refractivity contribution in [3.63, 3.8) is 0 Å². The van der Waals surface area contributed by atoms with Crippen molar-refractivity contribution in [2.45, 2.75) is 70.4 Å². The number of aliphatic hydroxyl groups excluding tert-OH is 1. The molecule has 5 nitrogen and oxygen atoms in total. The van der Waals surface area contributed by atoms with E-state index in [2.05, 4.69) is 24.4 Å². The van der Waals surface area contributed by atoms with Crippen LogP contribution in [-0.2, 0) is 11.3 Å². The predicted molar refractivity (Wildman–Crippen MR) is 147 cm³/mol. The Morgan fingerprint density at radius 3 is 2.68 bits per heavy atom. The molecular weight excluding hydrogens is 474 g/mol. The summed E-state index contributed by atoms with van der Waals surface area (Å²) in [5.74, 6) is 2.08. The van der Waals surface area contributed by atoms with Gasteiger partial charge in [0, 0.05) is 24.4 Å². The zero-order chi connectivity index (χ0) is 26.4. The van der Waals surface area contributed by atoms with Crippen LogP contribution in [-0.4, -0.2) is 30.0 Å². The number of methoxy groups -OCH3 is 1. The van der Waals surface area contributed by atoms with Crippen LogP contribution in [0.2, 0.25) is 0 Å². The first-order valence-corrected chi connectivity index (χ1v) is 14.0. The third kappa shape index (κ3) is 4.31. The predicted octanol–water partition coefficient (Wildman–Crippen LogP) is 5.89. The number of carbonyl (C=O) groups excluding carboxylic acids is 2. The lowest BCUT2D eigenvalue weighted by Crippen LogP contribution is -2.45. The molecule has 5 unspecified atom stereocenters. The maximum absolute atomic E-state index is 12.9. The second-order valence-corrected chi connectivity index (χ2v) is 11.8. The number of rotatable bonds is 5. The molecule has 198 valence electrons. The molecule has 0 spiro atoms. The molecule has 6 rings (SSSR count). The number of carbonyl (C=O) groups is 2. The molecule has 0 saturated heterocycles. The van der Waals surface area contributed by atoms with Crippen LogP contribution in [0.3, 0.4) is 0 Å². The maximum atomic E-state index is 12.9. The highest BCUT2D eigenvalue weighted by molar-refractivity contribution is 5.94. The summed E-state index contributed by atoms with van der Waals surface area (Å²) in [7, 11) is 1.64. The molecule has 5 atom stereocenters. The molecule has 4 aliphatic carbocycles. The molecule has 4 aliphatic rings. The molecular formula is C33H37NO4. The van der Waals surface area contributed by atoms with Gasteiger partial charge in [0.05, 0.1) is 13.2 Å². The summed E-state index contributed by atoms with van der Waals surface area (Å²) in [6.07, 6.45) is 7.96. The summed E-state index contributed by atoms with van der Waals surface area (Å²) in [6.45, 7) is 2.73. The lowest BCUT2D eigenvalue weighted by Gasteiger charge is -2.52. The molecule has 2 aromatic rings. The number of hydrogen-bond donors (Lipinski definition) is 2. The topological polar surface area (TPSA) is 75.6 Å². The number of aliphatic hydroxyl groups is 1. The van der Waals surface area contributed by atoms with Gasteiger partial charge < -0.3 is 15.2 Å². The largest absolute Gasteiger partial charge is 0.497 e. The molecule has 0 bridgehead atoms. The van der Waals surface area contributed by atoms with Gasteiger partial charge in [0.25, 0.3) is 5.91 Å². The summed E-state index contributed by atoms with van der Waals surface area (Å²) < 4.78 is 5.28. The fourth-order valence-corrected chi connectivity index (χ4v) is 7.87. The highest BCUT2D eigenvalue weighted by atomic mass is 16.5. The Morgan fingerprint density at radius 1 is 1.08 bits per heavy atom. The minimum Gasteiger partial charge on any atom is -0.497 e. The van der Waals surface area contributed by atoms with E-state index in [1.165, 1.54) is 22.3 Å². The molecule has 5 heteroatoms.